The number of aliphatic hydroxyl groups is 1. The van der Waals surface area contributed by atoms with Gasteiger partial charge in [0.25, 0.3) is 0 Å². The molecule has 2 rings (SSSR count). The second-order valence-corrected chi connectivity index (χ2v) is 7.18. The van der Waals surface area contributed by atoms with E-state index < -0.39 is 13.4 Å². The first-order valence-corrected chi connectivity index (χ1v) is 9.53. The van der Waals surface area contributed by atoms with Crippen molar-refractivity contribution in [3.63, 3.8) is 0 Å². The molecule has 0 heterocycles. The van der Waals surface area contributed by atoms with Crippen LogP contribution in [0.3, 0.4) is 0 Å². The maximum Gasteiger partial charge on any atom is 0.363 e. The Morgan fingerprint density at radius 3 is 2.08 bits per heavy atom. The van der Waals surface area contributed by atoms with E-state index in [1.54, 1.807) is 38.1 Å². The maximum atomic E-state index is 12.6. The quantitative estimate of drug-likeness (QED) is 0.674. The Morgan fingerprint density at radius 2 is 1.54 bits per heavy atom. The van der Waals surface area contributed by atoms with Crippen LogP contribution in [-0.4, -0.2) is 18.3 Å². The van der Waals surface area contributed by atoms with Gasteiger partial charge in [-0.1, -0.05) is 42.5 Å². The summed E-state index contributed by atoms with van der Waals surface area (Å²) < 4.78 is 28.6. The van der Waals surface area contributed by atoms with Crippen molar-refractivity contribution < 1.29 is 23.5 Å². The molecule has 5 nitrogen and oxygen atoms in total. The van der Waals surface area contributed by atoms with Crippen LogP contribution < -0.4 is 4.74 Å². The molecule has 1 unspecified atom stereocenters. The third kappa shape index (κ3) is 4.92. The van der Waals surface area contributed by atoms with Crippen LogP contribution in [-0.2, 0) is 20.2 Å². The standard InChI is InChI=1S/C18H23O5P/c1-3-22-24(20,23-4-2)18(19)16-10-12-17(13-11-16)21-14-15-8-6-5-7-9-15/h5-13,18-19H,3-4,14H2,1-2H3. The number of rotatable bonds is 9. The van der Waals surface area contributed by atoms with Gasteiger partial charge >= 0.3 is 7.60 Å². The molecule has 0 amide bonds. The molecule has 0 aliphatic carbocycles. The molecule has 1 atom stereocenters. The predicted octanol–water partition coefficient (Wildman–Crippen LogP) is 4.52. The molecule has 6 heteroatoms. The predicted molar refractivity (Wildman–Crippen MR) is 93.0 cm³/mol. The van der Waals surface area contributed by atoms with E-state index in [4.69, 9.17) is 13.8 Å². The van der Waals surface area contributed by atoms with Gasteiger partial charge in [0.1, 0.15) is 12.4 Å². The fourth-order valence-electron chi connectivity index (χ4n) is 2.20. The lowest BCUT2D eigenvalue weighted by Gasteiger charge is -2.22. The van der Waals surface area contributed by atoms with Gasteiger partial charge in [0.2, 0.25) is 0 Å². The lowest BCUT2D eigenvalue weighted by molar-refractivity contribution is 0.150. The van der Waals surface area contributed by atoms with Crippen molar-refractivity contribution in [2.24, 2.45) is 0 Å². The van der Waals surface area contributed by atoms with Crippen molar-refractivity contribution in [3.05, 3.63) is 65.7 Å². The Morgan fingerprint density at radius 1 is 0.958 bits per heavy atom. The fraction of sp³-hybridized carbons (Fsp3) is 0.333. The van der Waals surface area contributed by atoms with Crippen LogP contribution in [0.25, 0.3) is 0 Å². The van der Waals surface area contributed by atoms with Crippen molar-refractivity contribution in [2.75, 3.05) is 13.2 Å². The largest absolute Gasteiger partial charge is 0.489 e. The Hall–Kier alpha value is -1.65. The topological polar surface area (TPSA) is 65.0 Å². The number of ether oxygens (including phenoxy) is 1. The van der Waals surface area contributed by atoms with Crippen molar-refractivity contribution >= 4 is 7.60 Å². The van der Waals surface area contributed by atoms with E-state index in [1.165, 1.54) is 0 Å². The highest BCUT2D eigenvalue weighted by molar-refractivity contribution is 7.54. The minimum atomic E-state index is -3.60. The smallest absolute Gasteiger partial charge is 0.363 e. The molecule has 0 saturated heterocycles. The van der Waals surface area contributed by atoms with E-state index in [9.17, 15) is 9.67 Å². The monoisotopic (exact) mass is 350 g/mol. The molecule has 0 aromatic heterocycles. The summed E-state index contributed by atoms with van der Waals surface area (Å²) in [5.41, 5.74) is 1.53. The first kappa shape index (κ1) is 18.7. The first-order chi connectivity index (χ1) is 11.6. The first-order valence-electron chi connectivity index (χ1n) is 7.92. The van der Waals surface area contributed by atoms with E-state index in [0.29, 0.717) is 17.9 Å². The number of benzene rings is 2. The Balaban J connectivity index is 2.03. The SMILES string of the molecule is CCOP(=O)(OCC)C(O)c1ccc(OCc2ccccc2)cc1. The molecule has 0 aliphatic heterocycles. The van der Waals surface area contributed by atoms with Gasteiger partial charge in [-0.2, -0.15) is 0 Å². The molecule has 0 spiro atoms. The summed E-state index contributed by atoms with van der Waals surface area (Å²) in [6.07, 6.45) is 0. The van der Waals surface area contributed by atoms with Gasteiger partial charge in [-0.25, -0.2) is 0 Å². The molecule has 0 fully saturated rings. The van der Waals surface area contributed by atoms with Gasteiger partial charge in [-0.15, -0.1) is 0 Å². The molecule has 2 aromatic carbocycles. The molecule has 0 bridgehead atoms. The van der Waals surface area contributed by atoms with E-state index >= 15 is 0 Å². The van der Waals surface area contributed by atoms with Crippen LogP contribution in [0.15, 0.2) is 54.6 Å². The second-order valence-electron chi connectivity index (χ2n) is 5.09. The molecule has 2 aromatic rings. The molecule has 130 valence electrons. The zero-order valence-corrected chi connectivity index (χ0v) is 14.8. The van der Waals surface area contributed by atoms with E-state index in [1.807, 2.05) is 30.3 Å². The Kier molecular flexibility index (Phi) is 7.00. The molecular weight excluding hydrogens is 327 g/mol. The second kappa shape index (κ2) is 9.00. The number of aliphatic hydroxyl groups excluding tert-OH is 1. The highest BCUT2D eigenvalue weighted by Gasteiger charge is 2.35. The highest BCUT2D eigenvalue weighted by atomic mass is 31.2. The van der Waals surface area contributed by atoms with Gasteiger partial charge in [0, 0.05) is 0 Å². The fourth-order valence-corrected chi connectivity index (χ4v) is 3.81. The zero-order chi connectivity index (χ0) is 17.4. The van der Waals surface area contributed by atoms with Crippen LogP contribution in [0.1, 0.15) is 30.8 Å². The minimum Gasteiger partial charge on any atom is -0.489 e. The lowest BCUT2D eigenvalue weighted by atomic mass is 10.2. The van der Waals surface area contributed by atoms with Crippen molar-refractivity contribution in [3.8, 4) is 5.75 Å². The Labute approximate surface area is 142 Å². The summed E-state index contributed by atoms with van der Waals surface area (Å²) >= 11 is 0. The summed E-state index contributed by atoms with van der Waals surface area (Å²) in [6.45, 7) is 4.27. The van der Waals surface area contributed by atoms with E-state index in [-0.39, 0.29) is 13.2 Å². The molecule has 24 heavy (non-hydrogen) atoms. The molecule has 0 saturated carbocycles. The molecular formula is C18H23O5P. The van der Waals surface area contributed by atoms with Crippen molar-refractivity contribution in [2.45, 2.75) is 26.3 Å². The normalized spacial score (nSPS) is 12.8. The summed E-state index contributed by atoms with van der Waals surface area (Å²) in [4.78, 5) is 0. The minimum absolute atomic E-state index is 0.201. The van der Waals surface area contributed by atoms with Gasteiger partial charge in [0.05, 0.1) is 13.2 Å². The maximum absolute atomic E-state index is 12.6. The Bertz CT molecular complexity index is 647. The number of hydrogen-bond donors (Lipinski definition) is 1. The summed E-state index contributed by atoms with van der Waals surface area (Å²) in [6, 6.07) is 16.6. The van der Waals surface area contributed by atoms with Crippen LogP contribution in [0.2, 0.25) is 0 Å². The van der Waals surface area contributed by atoms with Crippen LogP contribution in [0.5, 0.6) is 5.75 Å². The third-order valence-electron chi connectivity index (χ3n) is 3.34. The van der Waals surface area contributed by atoms with Gasteiger partial charge in [-0.05, 0) is 37.1 Å². The average molecular weight is 350 g/mol. The highest BCUT2D eigenvalue weighted by Crippen LogP contribution is 2.59. The summed E-state index contributed by atoms with van der Waals surface area (Å²) in [5.74, 6) is -0.655. The average Bonchev–Trinajstić information content (AvgIpc) is 2.61. The molecule has 0 aliphatic rings. The van der Waals surface area contributed by atoms with Crippen molar-refractivity contribution in [1.29, 1.82) is 0 Å². The van der Waals surface area contributed by atoms with Crippen LogP contribution >= 0.6 is 7.60 Å². The lowest BCUT2D eigenvalue weighted by Crippen LogP contribution is -2.06. The van der Waals surface area contributed by atoms with Gasteiger partial charge in [-0.3, -0.25) is 4.57 Å². The third-order valence-corrected chi connectivity index (χ3v) is 5.48. The van der Waals surface area contributed by atoms with Gasteiger partial charge in [0.15, 0.2) is 5.85 Å². The van der Waals surface area contributed by atoms with E-state index in [0.717, 1.165) is 5.56 Å². The molecule has 1 N–H and O–H groups in total. The zero-order valence-electron chi connectivity index (χ0n) is 13.9. The molecule has 0 radical (unpaired) electrons. The van der Waals surface area contributed by atoms with Crippen LogP contribution in [0.4, 0.5) is 0 Å². The summed E-state index contributed by atoms with van der Waals surface area (Å²) in [7, 11) is -3.60. The van der Waals surface area contributed by atoms with Gasteiger partial charge < -0.3 is 18.9 Å². The van der Waals surface area contributed by atoms with Crippen molar-refractivity contribution in [1.82, 2.24) is 0 Å². The number of hydrogen-bond acceptors (Lipinski definition) is 5. The summed E-state index contributed by atoms with van der Waals surface area (Å²) in [5, 5.41) is 10.3. The van der Waals surface area contributed by atoms with E-state index in [2.05, 4.69) is 0 Å². The van der Waals surface area contributed by atoms with Crippen LogP contribution in [0, 0.1) is 0 Å².